The Morgan fingerprint density at radius 3 is 2.14 bits per heavy atom. The summed E-state index contributed by atoms with van der Waals surface area (Å²) in [7, 11) is 0. The van der Waals surface area contributed by atoms with Crippen molar-refractivity contribution in [3.05, 3.63) is 89.6 Å². The molecule has 0 fully saturated rings. The highest BCUT2D eigenvalue weighted by molar-refractivity contribution is 5.36. The summed E-state index contributed by atoms with van der Waals surface area (Å²) in [5, 5.41) is 0. The summed E-state index contributed by atoms with van der Waals surface area (Å²) in [4.78, 5) is 4.51. The van der Waals surface area contributed by atoms with E-state index < -0.39 is 0 Å². The first kappa shape index (κ1) is 14.3. The van der Waals surface area contributed by atoms with Gasteiger partial charge in [0.1, 0.15) is 5.75 Å². The number of nitrogens with zero attached hydrogens (tertiary/aromatic N) is 1. The van der Waals surface area contributed by atoms with E-state index in [1.807, 2.05) is 79.7 Å². The zero-order valence-electron chi connectivity index (χ0n) is 12.4. The molecule has 3 nitrogen and oxygen atoms in total. The first-order valence-corrected chi connectivity index (χ1v) is 7.25. The molecule has 0 radical (unpaired) electrons. The molecule has 0 saturated carbocycles. The average molecular weight is 290 g/mol. The van der Waals surface area contributed by atoms with E-state index in [1.54, 1.807) is 0 Å². The number of aromatic nitrogens is 1. The van der Waals surface area contributed by atoms with Gasteiger partial charge in [-0.25, -0.2) is 4.98 Å². The lowest BCUT2D eigenvalue weighted by Crippen LogP contribution is -2.13. The van der Waals surface area contributed by atoms with Crippen LogP contribution in [0.25, 0.3) is 0 Å². The Morgan fingerprint density at radius 1 is 0.864 bits per heavy atom. The molecule has 2 aromatic carbocycles. The Morgan fingerprint density at radius 2 is 1.50 bits per heavy atom. The highest BCUT2D eigenvalue weighted by Gasteiger charge is 2.13. The van der Waals surface area contributed by atoms with Gasteiger partial charge in [-0.05, 0) is 36.2 Å². The minimum absolute atomic E-state index is 0.181. The number of hydrogen-bond donors (Lipinski definition) is 1. The van der Waals surface area contributed by atoms with Gasteiger partial charge in [0, 0.05) is 11.8 Å². The third kappa shape index (κ3) is 3.15. The molecule has 0 unspecified atom stereocenters. The molecule has 1 atom stereocenters. The van der Waals surface area contributed by atoms with E-state index in [9.17, 15) is 0 Å². The van der Waals surface area contributed by atoms with Crippen LogP contribution >= 0.6 is 0 Å². The van der Waals surface area contributed by atoms with Crippen LogP contribution in [0.3, 0.4) is 0 Å². The molecule has 110 valence electrons. The maximum atomic E-state index is 6.34. The van der Waals surface area contributed by atoms with Crippen LogP contribution in [0.2, 0.25) is 0 Å². The molecule has 3 rings (SSSR count). The predicted octanol–water partition coefficient (Wildman–Crippen LogP) is 4.23. The molecule has 0 amide bonds. The van der Waals surface area contributed by atoms with Gasteiger partial charge in [-0.1, -0.05) is 48.5 Å². The zero-order chi connectivity index (χ0) is 15.4. The number of hydrogen-bond acceptors (Lipinski definition) is 3. The molecule has 0 aliphatic carbocycles. The summed E-state index contributed by atoms with van der Waals surface area (Å²) in [5.41, 5.74) is 9.30. The minimum atomic E-state index is -0.181. The maximum Gasteiger partial charge on any atom is 0.219 e. The minimum Gasteiger partial charge on any atom is -0.439 e. The topological polar surface area (TPSA) is 48.1 Å². The summed E-state index contributed by atoms with van der Waals surface area (Å²) >= 11 is 0. The lowest BCUT2D eigenvalue weighted by Gasteiger charge is -2.15. The summed E-state index contributed by atoms with van der Waals surface area (Å²) < 4.78 is 5.75. The van der Waals surface area contributed by atoms with Crippen molar-refractivity contribution in [3.63, 3.8) is 0 Å². The van der Waals surface area contributed by atoms with Crippen molar-refractivity contribution in [1.82, 2.24) is 4.98 Å². The third-order valence-electron chi connectivity index (χ3n) is 3.56. The molecular weight excluding hydrogens is 272 g/mol. The second kappa shape index (κ2) is 6.41. The third-order valence-corrected chi connectivity index (χ3v) is 3.56. The molecule has 0 aliphatic heterocycles. The first-order chi connectivity index (χ1) is 10.7. The highest BCUT2D eigenvalue weighted by Crippen LogP contribution is 2.25. The summed E-state index contributed by atoms with van der Waals surface area (Å²) in [6.07, 6.45) is 0. The van der Waals surface area contributed by atoms with Gasteiger partial charge >= 0.3 is 0 Å². The van der Waals surface area contributed by atoms with Gasteiger partial charge in [0.05, 0.1) is 6.04 Å². The number of pyridine rings is 1. The van der Waals surface area contributed by atoms with Crippen LogP contribution in [0.15, 0.2) is 72.8 Å². The van der Waals surface area contributed by atoms with E-state index in [0.717, 1.165) is 22.6 Å². The van der Waals surface area contributed by atoms with Crippen molar-refractivity contribution < 1.29 is 4.74 Å². The van der Waals surface area contributed by atoms with Gasteiger partial charge in [-0.2, -0.15) is 0 Å². The van der Waals surface area contributed by atoms with Gasteiger partial charge < -0.3 is 10.5 Å². The van der Waals surface area contributed by atoms with Crippen molar-refractivity contribution in [2.75, 3.05) is 0 Å². The van der Waals surface area contributed by atoms with Gasteiger partial charge in [-0.3, -0.25) is 0 Å². The molecule has 0 aliphatic rings. The van der Waals surface area contributed by atoms with E-state index >= 15 is 0 Å². The normalized spacial score (nSPS) is 11.9. The molecule has 22 heavy (non-hydrogen) atoms. The van der Waals surface area contributed by atoms with Crippen LogP contribution in [-0.4, -0.2) is 4.98 Å². The SMILES string of the molecule is Cc1nc(Oc2ccccc2)ccc1[C@H](N)c1ccccc1. The quantitative estimate of drug-likeness (QED) is 0.782. The summed E-state index contributed by atoms with van der Waals surface area (Å²) in [6, 6.07) is 23.3. The highest BCUT2D eigenvalue weighted by atomic mass is 16.5. The second-order valence-electron chi connectivity index (χ2n) is 5.13. The molecule has 2 N–H and O–H groups in total. The van der Waals surface area contributed by atoms with E-state index in [2.05, 4.69) is 4.98 Å². The standard InChI is InChI=1S/C19H18N2O/c1-14-17(19(20)15-8-4-2-5-9-15)12-13-18(21-14)22-16-10-6-3-7-11-16/h2-13,19H,20H2,1H3/t19-/m1/s1. The van der Waals surface area contributed by atoms with Gasteiger partial charge in [0.15, 0.2) is 0 Å². The van der Waals surface area contributed by atoms with Crippen LogP contribution in [0.5, 0.6) is 11.6 Å². The van der Waals surface area contributed by atoms with E-state index in [0.29, 0.717) is 5.88 Å². The first-order valence-electron chi connectivity index (χ1n) is 7.25. The lowest BCUT2D eigenvalue weighted by molar-refractivity contribution is 0.461. The monoisotopic (exact) mass is 290 g/mol. The fourth-order valence-corrected chi connectivity index (χ4v) is 2.38. The van der Waals surface area contributed by atoms with Gasteiger partial charge in [-0.15, -0.1) is 0 Å². The Kier molecular flexibility index (Phi) is 4.17. The molecule has 1 aromatic heterocycles. The van der Waals surface area contributed by atoms with Crippen molar-refractivity contribution in [1.29, 1.82) is 0 Å². The van der Waals surface area contributed by atoms with E-state index in [-0.39, 0.29) is 6.04 Å². The predicted molar refractivity (Wildman–Crippen MR) is 88.0 cm³/mol. The number of aryl methyl sites for hydroxylation is 1. The molecule has 3 aromatic rings. The lowest BCUT2D eigenvalue weighted by atomic mass is 9.99. The molecule has 0 saturated heterocycles. The Balaban J connectivity index is 1.83. The smallest absolute Gasteiger partial charge is 0.219 e. The maximum absolute atomic E-state index is 6.34. The molecule has 1 heterocycles. The van der Waals surface area contributed by atoms with E-state index in [1.165, 1.54) is 0 Å². The fraction of sp³-hybridized carbons (Fsp3) is 0.105. The van der Waals surface area contributed by atoms with Crippen molar-refractivity contribution in [2.24, 2.45) is 5.73 Å². The number of nitrogens with two attached hydrogens (primary N) is 1. The average Bonchev–Trinajstić information content (AvgIpc) is 2.56. The van der Waals surface area contributed by atoms with E-state index in [4.69, 9.17) is 10.5 Å². The zero-order valence-corrected chi connectivity index (χ0v) is 12.4. The molecule has 3 heteroatoms. The Hall–Kier alpha value is -2.65. The largest absolute Gasteiger partial charge is 0.439 e. The number of para-hydroxylation sites is 1. The number of ether oxygens (including phenoxy) is 1. The van der Waals surface area contributed by atoms with Crippen LogP contribution in [0.1, 0.15) is 22.9 Å². The van der Waals surface area contributed by atoms with Crippen LogP contribution in [-0.2, 0) is 0 Å². The summed E-state index contributed by atoms with van der Waals surface area (Å²) in [5.74, 6) is 1.35. The molecule has 0 spiro atoms. The molecule has 0 bridgehead atoms. The Bertz CT molecular complexity index is 742. The van der Waals surface area contributed by atoms with Crippen molar-refractivity contribution in [3.8, 4) is 11.6 Å². The fourth-order valence-electron chi connectivity index (χ4n) is 2.38. The number of rotatable bonds is 4. The Labute approximate surface area is 130 Å². The van der Waals surface area contributed by atoms with Crippen molar-refractivity contribution >= 4 is 0 Å². The van der Waals surface area contributed by atoms with Crippen molar-refractivity contribution in [2.45, 2.75) is 13.0 Å². The second-order valence-corrected chi connectivity index (χ2v) is 5.13. The summed E-state index contributed by atoms with van der Waals surface area (Å²) in [6.45, 7) is 1.95. The van der Waals surface area contributed by atoms with Crippen LogP contribution in [0.4, 0.5) is 0 Å². The van der Waals surface area contributed by atoms with Gasteiger partial charge in [0.2, 0.25) is 5.88 Å². The van der Waals surface area contributed by atoms with Gasteiger partial charge in [0.25, 0.3) is 0 Å². The van der Waals surface area contributed by atoms with Crippen LogP contribution in [0, 0.1) is 6.92 Å². The van der Waals surface area contributed by atoms with Crippen LogP contribution < -0.4 is 10.5 Å². The molecular formula is C19H18N2O. The number of benzene rings is 2.